The fourth-order valence-corrected chi connectivity index (χ4v) is 8.42. The second kappa shape index (κ2) is 12.7. The number of rotatable bonds is 7. The average Bonchev–Trinajstić information content (AvgIpc) is 3.07. The summed E-state index contributed by atoms with van der Waals surface area (Å²) in [7, 11) is -4.02. The first-order valence-electron chi connectivity index (χ1n) is 16.5. The summed E-state index contributed by atoms with van der Waals surface area (Å²) >= 11 is 0. The van der Waals surface area contributed by atoms with Gasteiger partial charge in [-0.15, -0.1) is 0 Å². The SMILES string of the molecule is Cc1ccc(S(=O)(=O)N[C@@H](Cc2ccccc2)C(=O)O/N=c2/oc3cc4c(cc3c3c2CCCC3)CCC2(CCCCC2)O4)cc1. The van der Waals surface area contributed by atoms with Crippen LogP contribution in [0.15, 0.2) is 81.2 Å². The number of nitrogens with zero attached hydrogens (tertiary/aromatic N) is 1. The van der Waals surface area contributed by atoms with Gasteiger partial charge in [-0.3, -0.25) is 0 Å². The number of carbonyl (C=O) groups is 1. The number of hydrogen-bond acceptors (Lipinski definition) is 7. The van der Waals surface area contributed by atoms with Crippen molar-refractivity contribution < 1.29 is 27.2 Å². The summed E-state index contributed by atoms with van der Waals surface area (Å²) in [6, 6.07) is 18.7. The van der Waals surface area contributed by atoms with E-state index in [1.165, 1.54) is 42.5 Å². The summed E-state index contributed by atoms with van der Waals surface area (Å²) in [6.07, 6.45) is 11.6. The van der Waals surface area contributed by atoms with Gasteiger partial charge in [0.05, 0.1) is 4.90 Å². The molecule has 46 heavy (non-hydrogen) atoms. The minimum Gasteiger partial charge on any atom is -0.487 e. The van der Waals surface area contributed by atoms with Gasteiger partial charge < -0.3 is 14.0 Å². The molecule has 1 aliphatic heterocycles. The van der Waals surface area contributed by atoms with Crippen LogP contribution in [0.4, 0.5) is 0 Å². The predicted molar refractivity (Wildman–Crippen MR) is 175 cm³/mol. The van der Waals surface area contributed by atoms with Crippen molar-refractivity contribution in [2.24, 2.45) is 5.16 Å². The molecule has 1 fully saturated rings. The summed E-state index contributed by atoms with van der Waals surface area (Å²) in [4.78, 5) is 19.2. The Kier molecular flexibility index (Phi) is 8.46. The second-order valence-corrected chi connectivity index (χ2v) is 14.8. The molecule has 3 aliphatic rings. The minimum absolute atomic E-state index is 0.0695. The molecule has 1 aromatic heterocycles. The standard InChI is InChI=1S/C37H40N2O6S/c1-25-14-16-28(17-15-25)46(41,42)39-32(22-26-10-4-2-5-11-26)36(40)45-38-35-30-13-7-6-12-29(30)31-23-27-18-21-37(19-8-3-9-20-37)44-33(27)24-34(31)43-35/h2,4-5,10-11,14-17,23-24,32,39H,3,6-9,12-13,18-22H2,1H3/b38-35+/t32-/m0/s1. The lowest BCUT2D eigenvalue weighted by Crippen LogP contribution is -2.43. The van der Waals surface area contributed by atoms with Crippen LogP contribution >= 0.6 is 0 Å². The van der Waals surface area contributed by atoms with Gasteiger partial charge in [-0.1, -0.05) is 54.4 Å². The number of aryl methyl sites for hydroxylation is 3. The van der Waals surface area contributed by atoms with E-state index >= 15 is 0 Å². The first kappa shape index (κ1) is 30.7. The van der Waals surface area contributed by atoms with E-state index in [1.54, 1.807) is 12.1 Å². The quantitative estimate of drug-likeness (QED) is 0.180. The Labute approximate surface area is 269 Å². The van der Waals surface area contributed by atoms with E-state index in [2.05, 4.69) is 15.9 Å². The van der Waals surface area contributed by atoms with E-state index in [0.717, 1.165) is 79.2 Å². The Morgan fingerprint density at radius 1 is 0.913 bits per heavy atom. The van der Waals surface area contributed by atoms with Gasteiger partial charge >= 0.3 is 5.97 Å². The highest BCUT2D eigenvalue weighted by atomic mass is 32.2. The van der Waals surface area contributed by atoms with Crippen molar-refractivity contribution in [3.8, 4) is 5.75 Å². The van der Waals surface area contributed by atoms with Crippen molar-refractivity contribution in [1.29, 1.82) is 0 Å². The van der Waals surface area contributed by atoms with Crippen LogP contribution in [-0.2, 0) is 45.3 Å². The van der Waals surface area contributed by atoms with Gasteiger partial charge in [0.1, 0.15) is 23.0 Å². The molecule has 2 heterocycles. The van der Waals surface area contributed by atoms with E-state index in [9.17, 15) is 13.2 Å². The Bertz CT molecular complexity index is 1930. The molecule has 1 saturated carbocycles. The molecule has 240 valence electrons. The molecule has 0 radical (unpaired) electrons. The van der Waals surface area contributed by atoms with Crippen LogP contribution in [0, 0.1) is 6.92 Å². The molecule has 0 saturated heterocycles. The molecule has 8 nitrogen and oxygen atoms in total. The van der Waals surface area contributed by atoms with Crippen LogP contribution in [0.5, 0.6) is 5.75 Å². The third kappa shape index (κ3) is 6.35. The number of sulfonamides is 1. The zero-order chi connectivity index (χ0) is 31.7. The lowest BCUT2D eigenvalue weighted by atomic mass is 9.78. The third-order valence-electron chi connectivity index (χ3n) is 9.78. The molecule has 0 amide bonds. The largest absolute Gasteiger partial charge is 0.487 e. The number of fused-ring (bicyclic) bond motifs is 4. The third-order valence-corrected chi connectivity index (χ3v) is 11.3. The normalized spacial score (nSPS) is 18.4. The average molecular weight is 641 g/mol. The fourth-order valence-electron chi connectivity index (χ4n) is 7.24. The van der Waals surface area contributed by atoms with Crippen molar-refractivity contribution in [1.82, 2.24) is 4.72 Å². The van der Waals surface area contributed by atoms with Crippen molar-refractivity contribution in [3.05, 3.63) is 100 Å². The Balaban J connectivity index is 1.21. The molecule has 4 aromatic rings. The molecule has 1 spiro atoms. The number of benzene rings is 3. The van der Waals surface area contributed by atoms with E-state index in [0.29, 0.717) is 5.58 Å². The first-order chi connectivity index (χ1) is 22.3. The van der Waals surface area contributed by atoms with Gasteiger partial charge in [0.2, 0.25) is 10.0 Å². The van der Waals surface area contributed by atoms with Gasteiger partial charge in [-0.25, -0.2) is 13.2 Å². The molecule has 0 unspecified atom stereocenters. The first-order valence-corrected chi connectivity index (χ1v) is 18.0. The van der Waals surface area contributed by atoms with Gasteiger partial charge in [-0.05, 0) is 118 Å². The highest BCUT2D eigenvalue weighted by Gasteiger charge is 2.38. The van der Waals surface area contributed by atoms with Crippen LogP contribution in [0.3, 0.4) is 0 Å². The lowest BCUT2D eigenvalue weighted by molar-refractivity contribution is -0.146. The zero-order valence-electron chi connectivity index (χ0n) is 26.2. The number of hydrogen-bond donors (Lipinski definition) is 1. The van der Waals surface area contributed by atoms with E-state index in [-0.39, 0.29) is 22.5 Å². The van der Waals surface area contributed by atoms with Crippen molar-refractivity contribution in [2.45, 2.75) is 101 Å². The van der Waals surface area contributed by atoms with Gasteiger partial charge in [0, 0.05) is 17.0 Å². The zero-order valence-corrected chi connectivity index (χ0v) is 27.0. The highest BCUT2D eigenvalue weighted by molar-refractivity contribution is 7.89. The Hall–Kier alpha value is -3.95. The molecule has 3 aromatic carbocycles. The fraction of sp³-hybridized carbons (Fsp3) is 0.405. The van der Waals surface area contributed by atoms with Crippen molar-refractivity contribution in [2.75, 3.05) is 0 Å². The highest BCUT2D eigenvalue weighted by Crippen LogP contribution is 2.43. The maximum Gasteiger partial charge on any atom is 0.353 e. The topological polar surface area (TPSA) is 107 Å². The Morgan fingerprint density at radius 2 is 1.65 bits per heavy atom. The second-order valence-electron chi connectivity index (χ2n) is 13.1. The molecule has 9 heteroatoms. The number of carbonyl (C=O) groups excluding carboxylic acids is 1. The molecule has 2 aliphatic carbocycles. The van der Waals surface area contributed by atoms with Crippen LogP contribution in [-0.4, -0.2) is 26.0 Å². The van der Waals surface area contributed by atoms with E-state index in [1.807, 2.05) is 43.3 Å². The van der Waals surface area contributed by atoms with Crippen LogP contribution in [0.25, 0.3) is 11.0 Å². The summed E-state index contributed by atoms with van der Waals surface area (Å²) < 4.78 is 42.2. The molecular weight excluding hydrogens is 600 g/mol. The maximum absolute atomic E-state index is 13.6. The summed E-state index contributed by atoms with van der Waals surface area (Å²) in [5.41, 5.74) is 5.85. The molecule has 1 N–H and O–H groups in total. The van der Waals surface area contributed by atoms with Crippen LogP contribution in [0.1, 0.15) is 79.2 Å². The predicted octanol–water partition coefficient (Wildman–Crippen LogP) is 6.60. The van der Waals surface area contributed by atoms with Gasteiger partial charge in [0.25, 0.3) is 5.55 Å². The van der Waals surface area contributed by atoms with Crippen LogP contribution < -0.4 is 15.0 Å². The number of nitrogens with one attached hydrogen (secondary N) is 1. The van der Waals surface area contributed by atoms with Crippen molar-refractivity contribution >= 4 is 27.0 Å². The van der Waals surface area contributed by atoms with Gasteiger partial charge in [0.15, 0.2) is 0 Å². The van der Waals surface area contributed by atoms with E-state index < -0.39 is 22.0 Å². The maximum atomic E-state index is 13.6. The minimum atomic E-state index is -4.02. The molecule has 7 rings (SSSR count). The van der Waals surface area contributed by atoms with Gasteiger partial charge in [-0.2, -0.15) is 4.72 Å². The Morgan fingerprint density at radius 3 is 2.41 bits per heavy atom. The summed E-state index contributed by atoms with van der Waals surface area (Å²) in [5, 5.41) is 5.31. The van der Waals surface area contributed by atoms with Crippen LogP contribution in [0.2, 0.25) is 0 Å². The molecular formula is C37H40N2O6S. The van der Waals surface area contributed by atoms with E-state index in [4.69, 9.17) is 14.0 Å². The summed E-state index contributed by atoms with van der Waals surface area (Å²) in [5.74, 6) is 0.0592. The number of ether oxygens (including phenoxy) is 1. The summed E-state index contributed by atoms with van der Waals surface area (Å²) in [6.45, 7) is 1.88. The smallest absolute Gasteiger partial charge is 0.353 e. The molecule has 0 bridgehead atoms. The van der Waals surface area contributed by atoms with Crippen molar-refractivity contribution in [3.63, 3.8) is 0 Å². The lowest BCUT2D eigenvalue weighted by Gasteiger charge is -2.41. The molecule has 1 atom stereocenters. The monoisotopic (exact) mass is 640 g/mol.